The highest BCUT2D eigenvalue weighted by Gasteiger charge is 2.54. The van der Waals surface area contributed by atoms with Gasteiger partial charge in [-0.2, -0.15) is 0 Å². The number of phosphoric ester groups is 2. The van der Waals surface area contributed by atoms with Crippen LogP contribution in [0.4, 0.5) is 5.82 Å². The molecule has 0 aliphatic carbocycles. The normalized spacial score (nSPS) is 36.6. The number of nitrogens with one attached hydrogen (secondary N) is 1. The smallest absolute Gasteiger partial charge is 0.396 e. The number of rotatable bonds is 4. The van der Waals surface area contributed by atoms with Crippen LogP contribution < -0.4 is 11.3 Å². The zero-order chi connectivity index (χ0) is 33.2. The number of ether oxygens (including phenoxy) is 2. The van der Waals surface area contributed by atoms with Gasteiger partial charge in [0, 0.05) is 12.5 Å². The SMILES string of the molecule is Cc1nc2c(ncn2[C@@H]2O[C@@H]3COP(=O)(O)O[C@@H]4C(O)[C@H](n5cnc6c(N)ncnc65)O[C@@H]4COP(=O)(O)O[C@H]2C3CCO)c(=O)[nH]1. The molecule has 254 valence electrons. The predicted molar refractivity (Wildman–Crippen MR) is 153 cm³/mol. The molecule has 3 aliphatic rings. The van der Waals surface area contributed by atoms with Gasteiger partial charge >= 0.3 is 15.6 Å². The summed E-state index contributed by atoms with van der Waals surface area (Å²) in [5.41, 5.74) is 5.66. The molecular formula is C23H29N9O13P2. The summed E-state index contributed by atoms with van der Waals surface area (Å²) in [7, 11) is -10.1. The zero-order valence-corrected chi connectivity index (χ0v) is 26.0. The summed E-state index contributed by atoms with van der Waals surface area (Å²) >= 11 is 0. The van der Waals surface area contributed by atoms with Crippen LogP contribution in [0.1, 0.15) is 24.7 Å². The highest BCUT2D eigenvalue weighted by Crippen LogP contribution is 2.55. The molecule has 0 aromatic carbocycles. The molecule has 3 aliphatic heterocycles. The van der Waals surface area contributed by atoms with Crippen molar-refractivity contribution < 1.29 is 56.7 Å². The summed E-state index contributed by atoms with van der Waals surface area (Å²) in [6.45, 7) is -0.316. The van der Waals surface area contributed by atoms with E-state index in [4.69, 9.17) is 33.3 Å². The number of nitrogens with zero attached hydrogens (tertiary/aromatic N) is 7. The number of fused-ring (bicyclic) bond motifs is 5. The van der Waals surface area contributed by atoms with Crippen molar-refractivity contribution in [2.75, 3.05) is 25.6 Å². The number of imidazole rings is 2. The van der Waals surface area contributed by atoms with Crippen LogP contribution in [-0.2, 0) is 36.7 Å². The molecule has 47 heavy (non-hydrogen) atoms. The third kappa shape index (κ3) is 5.90. The van der Waals surface area contributed by atoms with E-state index in [2.05, 4.69) is 29.9 Å². The van der Waals surface area contributed by atoms with E-state index >= 15 is 0 Å². The minimum absolute atomic E-state index is 0.0473. The molecule has 7 heterocycles. The zero-order valence-electron chi connectivity index (χ0n) is 24.2. The minimum atomic E-state index is -5.03. The molecule has 4 aromatic heterocycles. The van der Waals surface area contributed by atoms with E-state index < -0.39 is 89.9 Å². The van der Waals surface area contributed by atoms with Crippen LogP contribution in [0.15, 0.2) is 23.8 Å². The Labute approximate surface area is 262 Å². The first-order valence-electron chi connectivity index (χ1n) is 14.1. The second-order valence-corrected chi connectivity index (χ2v) is 13.8. The quantitative estimate of drug-likeness (QED) is 0.139. The Morgan fingerprint density at radius 3 is 2.30 bits per heavy atom. The van der Waals surface area contributed by atoms with E-state index in [-0.39, 0.29) is 40.4 Å². The van der Waals surface area contributed by atoms with Crippen molar-refractivity contribution in [2.24, 2.45) is 5.92 Å². The first kappa shape index (κ1) is 32.3. The Balaban J connectivity index is 1.23. The van der Waals surface area contributed by atoms with E-state index in [1.807, 2.05) is 0 Å². The standard InChI is InChI=1S/C23H29N9O13P2/c1-9-29-20-14(21(35)30-9)28-8-32(20)23-16-10(2-3-33)11(42-23)4-40-47(38,39)45-17-12(5-41-46(36,37)44-16)43-22(15(17)34)31-7-27-13-18(24)25-6-26-19(13)31/h6-8,10-12,15-17,22-23,33-34H,2-5H2,1H3,(H,36,37)(H,38,39)(H2,24,25,26)(H,29,30,35)/t10?,11-,12-,15?,16+,17+,22-,23-/m1/s1. The number of H-pyrrole nitrogens is 1. The van der Waals surface area contributed by atoms with Crippen molar-refractivity contribution in [3.8, 4) is 0 Å². The van der Waals surface area contributed by atoms with Gasteiger partial charge in [0.05, 0.1) is 32.0 Å². The maximum atomic E-state index is 13.5. The molecule has 24 heteroatoms. The second-order valence-electron chi connectivity index (χ2n) is 11.0. The summed E-state index contributed by atoms with van der Waals surface area (Å²) in [6.07, 6.45) is -6.36. The van der Waals surface area contributed by atoms with Gasteiger partial charge in [-0.15, -0.1) is 0 Å². The van der Waals surface area contributed by atoms with E-state index in [1.54, 1.807) is 0 Å². The molecule has 7 rings (SSSR count). The van der Waals surface area contributed by atoms with Gasteiger partial charge < -0.3 is 40.2 Å². The van der Waals surface area contributed by atoms with E-state index in [1.165, 1.54) is 28.7 Å². The maximum Gasteiger partial charge on any atom is 0.472 e. The molecular weight excluding hydrogens is 672 g/mol. The molecule has 7 N–H and O–H groups in total. The number of aliphatic hydroxyl groups is 2. The van der Waals surface area contributed by atoms with E-state index in [9.17, 15) is 33.9 Å². The van der Waals surface area contributed by atoms with Crippen molar-refractivity contribution in [1.82, 2.24) is 39.0 Å². The Morgan fingerprint density at radius 2 is 1.57 bits per heavy atom. The molecule has 3 fully saturated rings. The molecule has 0 amide bonds. The third-order valence-electron chi connectivity index (χ3n) is 8.07. The summed E-state index contributed by atoms with van der Waals surface area (Å²) in [5.74, 6) is -0.634. The third-order valence-corrected chi connectivity index (χ3v) is 10.0. The van der Waals surface area contributed by atoms with Crippen LogP contribution in [-0.4, -0.2) is 109 Å². The highest BCUT2D eigenvalue weighted by atomic mass is 31.2. The van der Waals surface area contributed by atoms with Gasteiger partial charge in [0.1, 0.15) is 42.1 Å². The van der Waals surface area contributed by atoms with Crippen molar-refractivity contribution in [3.63, 3.8) is 0 Å². The van der Waals surface area contributed by atoms with Gasteiger partial charge in [-0.25, -0.2) is 34.0 Å². The van der Waals surface area contributed by atoms with Crippen molar-refractivity contribution in [3.05, 3.63) is 35.2 Å². The fourth-order valence-electron chi connectivity index (χ4n) is 5.99. The van der Waals surface area contributed by atoms with Crippen LogP contribution in [0, 0.1) is 12.8 Å². The number of phosphoric acid groups is 2. The first-order chi connectivity index (χ1) is 22.4. The largest absolute Gasteiger partial charge is 0.472 e. The molecule has 2 bridgehead atoms. The number of aryl methyl sites for hydroxylation is 1. The summed E-state index contributed by atoms with van der Waals surface area (Å²) in [5, 5.41) is 21.1. The fourth-order valence-corrected chi connectivity index (χ4v) is 7.92. The van der Waals surface area contributed by atoms with Crippen LogP contribution in [0.2, 0.25) is 0 Å². The Morgan fingerprint density at radius 1 is 0.936 bits per heavy atom. The lowest BCUT2D eigenvalue weighted by molar-refractivity contribution is -0.0671. The van der Waals surface area contributed by atoms with E-state index in [0.717, 1.165) is 6.33 Å². The number of aromatic amines is 1. The summed E-state index contributed by atoms with van der Waals surface area (Å²) in [6, 6.07) is 0. The van der Waals surface area contributed by atoms with Crippen molar-refractivity contribution in [2.45, 2.75) is 56.3 Å². The number of aliphatic hydroxyl groups excluding tert-OH is 2. The lowest BCUT2D eigenvalue weighted by atomic mass is 9.95. The minimum Gasteiger partial charge on any atom is -0.396 e. The molecule has 3 saturated heterocycles. The molecule has 0 spiro atoms. The Kier molecular flexibility index (Phi) is 8.26. The van der Waals surface area contributed by atoms with E-state index in [0.29, 0.717) is 0 Å². The number of hydrogen-bond acceptors (Lipinski definition) is 17. The van der Waals surface area contributed by atoms with Gasteiger partial charge in [-0.3, -0.25) is 32.0 Å². The Bertz CT molecular complexity index is 1970. The molecule has 4 unspecified atom stereocenters. The van der Waals surface area contributed by atoms with Crippen molar-refractivity contribution >= 4 is 43.8 Å². The number of nitrogens with two attached hydrogens (primary N) is 1. The molecule has 0 radical (unpaired) electrons. The van der Waals surface area contributed by atoms with Gasteiger partial charge in [0.25, 0.3) is 5.56 Å². The van der Waals surface area contributed by atoms with Gasteiger partial charge in [0.15, 0.2) is 35.1 Å². The number of anilines is 1. The second kappa shape index (κ2) is 12.0. The highest BCUT2D eigenvalue weighted by molar-refractivity contribution is 7.47. The van der Waals surface area contributed by atoms with Gasteiger partial charge in [-0.1, -0.05) is 0 Å². The molecule has 10 atom stereocenters. The van der Waals surface area contributed by atoms with Crippen LogP contribution in [0.5, 0.6) is 0 Å². The number of hydrogen-bond donors (Lipinski definition) is 6. The predicted octanol–water partition coefficient (Wildman–Crippen LogP) is -0.978. The lowest BCUT2D eigenvalue weighted by Crippen LogP contribution is -2.36. The fraction of sp³-hybridized carbons (Fsp3) is 0.565. The van der Waals surface area contributed by atoms with Crippen LogP contribution in [0.25, 0.3) is 22.3 Å². The van der Waals surface area contributed by atoms with Crippen molar-refractivity contribution in [1.29, 1.82) is 0 Å². The maximum absolute atomic E-state index is 13.5. The molecule has 22 nitrogen and oxygen atoms in total. The van der Waals surface area contributed by atoms with Gasteiger partial charge in [-0.05, 0) is 13.3 Å². The monoisotopic (exact) mass is 701 g/mol. The average Bonchev–Trinajstić information content (AvgIpc) is 3.76. The van der Waals surface area contributed by atoms with Crippen LogP contribution >= 0.6 is 15.6 Å². The summed E-state index contributed by atoms with van der Waals surface area (Å²) < 4.78 is 62.9. The number of aromatic nitrogens is 8. The Hall–Kier alpha value is -3.24. The van der Waals surface area contributed by atoms with Gasteiger partial charge in [0.2, 0.25) is 0 Å². The average molecular weight is 701 g/mol. The van der Waals surface area contributed by atoms with Crippen LogP contribution in [0.3, 0.4) is 0 Å². The topological polar surface area (TPSA) is 304 Å². The molecule has 0 saturated carbocycles. The summed E-state index contributed by atoms with van der Waals surface area (Å²) in [4.78, 5) is 57.2. The molecule has 4 aromatic rings. The lowest BCUT2D eigenvalue weighted by Gasteiger charge is -2.26. The number of nitrogen functional groups attached to an aromatic ring is 1. The first-order valence-corrected chi connectivity index (χ1v) is 17.1.